The zero-order valence-electron chi connectivity index (χ0n) is 17.6. The van der Waals surface area contributed by atoms with E-state index in [0.717, 1.165) is 0 Å². The zero-order valence-corrected chi connectivity index (χ0v) is 19.1. The van der Waals surface area contributed by atoms with Crippen molar-refractivity contribution in [1.82, 2.24) is 4.98 Å². The van der Waals surface area contributed by atoms with Gasteiger partial charge < -0.3 is 24.3 Å². The van der Waals surface area contributed by atoms with Gasteiger partial charge in [-0.25, -0.2) is 0 Å². The first kappa shape index (κ1) is 26.6. The predicted octanol–water partition coefficient (Wildman–Crippen LogP) is 4.98. The van der Waals surface area contributed by atoms with Crippen molar-refractivity contribution < 1.29 is 37.3 Å². The Balaban J connectivity index is 1.99. The number of methoxy groups -OCH3 is 1. The molecule has 0 unspecified atom stereocenters. The molecule has 0 bridgehead atoms. The van der Waals surface area contributed by atoms with Gasteiger partial charge in [0, 0.05) is 31.5 Å². The Kier molecular flexibility index (Phi) is 11.1. The number of hydrogen-bond donors (Lipinski definition) is 1. The lowest BCUT2D eigenvalue weighted by Crippen LogP contribution is -2.14. The molecule has 1 aromatic carbocycles. The third-order valence-corrected chi connectivity index (χ3v) is 4.67. The summed E-state index contributed by atoms with van der Waals surface area (Å²) in [5, 5.41) is 2.80. The number of nitrogens with one attached hydrogen (secondary N) is 1. The molecule has 0 saturated carbocycles. The van der Waals surface area contributed by atoms with E-state index in [9.17, 15) is 18.4 Å². The van der Waals surface area contributed by atoms with E-state index >= 15 is 0 Å². The van der Waals surface area contributed by atoms with Crippen LogP contribution in [0.3, 0.4) is 0 Å². The van der Waals surface area contributed by atoms with Gasteiger partial charge in [0.15, 0.2) is 11.5 Å². The van der Waals surface area contributed by atoms with Gasteiger partial charge in [-0.1, -0.05) is 23.2 Å². The van der Waals surface area contributed by atoms with E-state index in [2.05, 4.69) is 15.0 Å². The first-order chi connectivity index (χ1) is 15.8. The third kappa shape index (κ3) is 8.99. The third-order valence-electron chi connectivity index (χ3n) is 4.10. The van der Waals surface area contributed by atoms with Crippen molar-refractivity contribution in [3.05, 3.63) is 46.2 Å². The van der Waals surface area contributed by atoms with Crippen molar-refractivity contribution in [2.75, 3.05) is 32.2 Å². The van der Waals surface area contributed by atoms with Gasteiger partial charge in [-0.3, -0.25) is 14.6 Å². The number of esters is 1. The largest absolute Gasteiger partial charge is 0.490 e. The minimum Gasteiger partial charge on any atom is -0.490 e. The van der Waals surface area contributed by atoms with Crippen LogP contribution in [0.15, 0.2) is 30.6 Å². The highest BCUT2D eigenvalue weighted by atomic mass is 35.5. The van der Waals surface area contributed by atoms with E-state index in [1.807, 2.05) is 0 Å². The first-order valence-electron chi connectivity index (χ1n) is 9.78. The van der Waals surface area contributed by atoms with Crippen LogP contribution in [-0.2, 0) is 14.3 Å². The molecular weight excluding hydrogens is 485 g/mol. The lowest BCUT2D eigenvalue weighted by Gasteiger charge is -2.14. The van der Waals surface area contributed by atoms with Crippen molar-refractivity contribution in [2.45, 2.75) is 25.9 Å². The molecule has 1 heterocycles. The number of aromatic nitrogens is 1. The van der Waals surface area contributed by atoms with Gasteiger partial charge in [0.05, 0.1) is 28.9 Å². The molecule has 0 aliphatic heterocycles. The monoisotopic (exact) mass is 506 g/mol. The molecular formula is C21H22Cl2F2N2O6. The van der Waals surface area contributed by atoms with E-state index in [0.29, 0.717) is 19.4 Å². The highest BCUT2D eigenvalue weighted by Crippen LogP contribution is 2.32. The van der Waals surface area contributed by atoms with Crippen molar-refractivity contribution in [1.29, 1.82) is 0 Å². The molecule has 0 aliphatic carbocycles. The van der Waals surface area contributed by atoms with Crippen molar-refractivity contribution >= 4 is 40.8 Å². The van der Waals surface area contributed by atoms with Crippen molar-refractivity contribution in [3.63, 3.8) is 0 Å². The van der Waals surface area contributed by atoms with Gasteiger partial charge in [0.1, 0.15) is 6.61 Å². The van der Waals surface area contributed by atoms with Gasteiger partial charge in [-0.2, -0.15) is 8.78 Å². The van der Waals surface area contributed by atoms with E-state index in [4.69, 9.17) is 37.4 Å². The number of nitrogens with zero attached hydrogens (tertiary/aromatic N) is 1. The molecule has 8 nitrogen and oxygen atoms in total. The average molecular weight is 507 g/mol. The molecule has 33 heavy (non-hydrogen) atoms. The van der Waals surface area contributed by atoms with Crippen LogP contribution in [0.25, 0.3) is 0 Å². The average Bonchev–Trinajstić information content (AvgIpc) is 2.76. The van der Waals surface area contributed by atoms with Gasteiger partial charge in [0.2, 0.25) is 0 Å². The second-order valence-electron chi connectivity index (χ2n) is 6.49. The Morgan fingerprint density at radius 3 is 2.45 bits per heavy atom. The smallest absolute Gasteiger partial charge is 0.387 e. The van der Waals surface area contributed by atoms with Crippen LogP contribution in [0.1, 0.15) is 29.6 Å². The summed E-state index contributed by atoms with van der Waals surface area (Å²) in [7, 11) is 1.50. The maximum absolute atomic E-state index is 12.7. The molecule has 0 aliphatic rings. The molecule has 0 atom stereocenters. The number of hydrogen-bond acceptors (Lipinski definition) is 7. The Labute approximate surface area is 199 Å². The number of alkyl halides is 2. The minimum atomic E-state index is -3.08. The molecule has 2 aromatic rings. The SMILES string of the molecule is COCCOC(=O)CCCCOc1cc(C(=O)Nc2c(Cl)cncc2Cl)ccc1OC(F)F. The first-order valence-corrected chi connectivity index (χ1v) is 10.5. The summed E-state index contributed by atoms with van der Waals surface area (Å²) in [5.41, 5.74) is 0.253. The highest BCUT2D eigenvalue weighted by Gasteiger charge is 2.17. The van der Waals surface area contributed by atoms with Crippen LogP contribution in [0.2, 0.25) is 10.0 Å². The summed E-state index contributed by atoms with van der Waals surface area (Å²) in [4.78, 5) is 28.0. The number of halogens is 4. The molecule has 12 heteroatoms. The number of benzene rings is 1. The number of ether oxygens (including phenoxy) is 4. The summed E-state index contributed by atoms with van der Waals surface area (Å²) in [6, 6.07) is 3.74. The Morgan fingerprint density at radius 2 is 1.79 bits per heavy atom. The van der Waals surface area contributed by atoms with E-state index in [-0.39, 0.29) is 58.4 Å². The number of unbranched alkanes of at least 4 members (excludes halogenated alkanes) is 1. The highest BCUT2D eigenvalue weighted by molar-refractivity contribution is 6.39. The molecule has 0 spiro atoms. The molecule has 0 fully saturated rings. The van der Waals surface area contributed by atoms with E-state index in [1.54, 1.807) is 0 Å². The van der Waals surface area contributed by atoms with Crippen LogP contribution in [0, 0.1) is 0 Å². The van der Waals surface area contributed by atoms with Crippen LogP contribution in [0.5, 0.6) is 11.5 Å². The maximum atomic E-state index is 12.7. The molecule has 2 rings (SSSR count). The van der Waals surface area contributed by atoms with E-state index < -0.39 is 12.5 Å². The predicted molar refractivity (Wildman–Crippen MR) is 117 cm³/mol. The molecule has 0 saturated heterocycles. The number of carbonyl (C=O) groups is 2. The zero-order chi connectivity index (χ0) is 24.2. The molecule has 1 amide bonds. The number of anilines is 1. The lowest BCUT2D eigenvalue weighted by molar-refractivity contribution is -0.145. The summed E-state index contributed by atoms with van der Waals surface area (Å²) in [6.07, 6.45) is 3.68. The molecule has 1 aromatic heterocycles. The molecule has 0 radical (unpaired) electrons. The van der Waals surface area contributed by atoms with Gasteiger partial charge in [0.25, 0.3) is 5.91 Å². The molecule has 1 N–H and O–H groups in total. The van der Waals surface area contributed by atoms with Gasteiger partial charge >= 0.3 is 12.6 Å². The number of rotatable bonds is 13. The standard InChI is InChI=1S/C21H22Cl2F2N2O6/c1-30-8-9-32-18(28)4-2-3-7-31-17-10-13(5-6-16(17)33-21(24)25)20(29)27-19-14(22)11-26-12-15(19)23/h5-6,10-12,21H,2-4,7-9H2,1H3,(H,26,27,29). The quantitative estimate of drug-likeness (QED) is 0.302. The van der Waals surface area contributed by atoms with Gasteiger partial charge in [-0.05, 0) is 31.0 Å². The lowest BCUT2D eigenvalue weighted by atomic mass is 10.2. The number of amides is 1. The van der Waals surface area contributed by atoms with Crippen molar-refractivity contribution in [2.24, 2.45) is 0 Å². The summed E-state index contributed by atoms with van der Waals surface area (Å²) in [5.74, 6) is -1.27. The summed E-state index contributed by atoms with van der Waals surface area (Å²) < 4.78 is 45.2. The second kappa shape index (κ2) is 13.8. The summed E-state index contributed by atoms with van der Waals surface area (Å²) in [6.45, 7) is -2.50. The topological polar surface area (TPSA) is 96.0 Å². The Morgan fingerprint density at radius 1 is 1.06 bits per heavy atom. The van der Waals surface area contributed by atoms with Crippen LogP contribution in [0.4, 0.5) is 14.5 Å². The van der Waals surface area contributed by atoms with Crippen molar-refractivity contribution in [3.8, 4) is 11.5 Å². The Hall–Kier alpha value is -2.69. The van der Waals surface area contributed by atoms with Crippen LogP contribution >= 0.6 is 23.2 Å². The minimum absolute atomic E-state index is 0.0578. The van der Waals surface area contributed by atoms with Gasteiger partial charge in [-0.15, -0.1) is 0 Å². The second-order valence-corrected chi connectivity index (χ2v) is 7.31. The summed E-state index contributed by atoms with van der Waals surface area (Å²) >= 11 is 12.0. The van der Waals surface area contributed by atoms with E-state index in [1.165, 1.54) is 37.7 Å². The normalized spacial score (nSPS) is 10.7. The number of pyridine rings is 1. The fourth-order valence-electron chi connectivity index (χ4n) is 2.54. The fourth-order valence-corrected chi connectivity index (χ4v) is 3.00. The van der Waals surface area contributed by atoms with Crippen LogP contribution < -0.4 is 14.8 Å². The van der Waals surface area contributed by atoms with Crippen LogP contribution in [-0.4, -0.2) is 50.4 Å². The molecule has 180 valence electrons. The maximum Gasteiger partial charge on any atom is 0.387 e. The Bertz CT molecular complexity index is 929. The fraction of sp³-hybridized carbons (Fsp3) is 0.381. The number of carbonyl (C=O) groups excluding carboxylic acids is 2.